The highest BCUT2D eigenvalue weighted by atomic mass is 35.5. The number of ether oxygens (including phenoxy) is 2. The van der Waals surface area contributed by atoms with E-state index >= 15 is 0 Å². The van der Waals surface area contributed by atoms with Gasteiger partial charge in [0.2, 0.25) is 0 Å². The number of hydrogen-bond donors (Lipinski definition) is 0. The largest absolute Gasteiger partial charge is 0.456 e. The van der Waals surface area contributed by atoms with Crippen LogP contribution in [0.4, 0.5) is 13.2 Å². The Morgan fingerprint density at radius 1 is 1.21 bits per heavy atom. The molecule has 0 saturated carbocycles. The number of nitroso groups, excluding NO2 is 1. The van der Waals surface area contributed by atoms with Gasteiger partial charge in [-0.3, -0.25) is 4.79 Å². The predicted octanol–water partition coefficient (Wildman–Crippen LogP) is 6.04. The van der Waals surface area contributed by atoms with Gasteiger partial charge in [-0.25, -0.2) is 0 Å². The van der Waals surface area contributed by atoms with E-state index < -0.39 is 29.7 Å². The zero-order valence-corrected chi connectivity index (χ0v) is 15.9. The van der Waals surface area contributed by atoms with Crippen LogP contribution in [0.15, 0.2) is 41.6 Å². The molecule has 2 aromatic carbocycles. The molecule has 0 radical (unpaired) electrons. The van der Waals surface area contributed by atoms with E-state index in [9.17, 15) is 22.9 Å². The summed E-state index contributed by atoms with van der Waals surface area (Å²) < 4.78 is 48.8. The molecule has 2 unspecified atom stereocenters. The second kappa shape index (κ2) is 8.92. The lowest BCUT2D eigenvalue weighted by atomic mass is 9.95. The quantitative estimate of drug-likeness (QED) is 0.319. The van der Waals surface area contributed by atoms with Crippen molar-refractivity contribution in [3.05, 3.63) is 57.5 Å². The lowest BCUT2D eigenvalue weighted by Crippen LogP contribution is -2.10. The maximum Gasteiger partial charge on any atom is 0.416 e. The lowest BCUT2D eigenvalue weighted by Gasteiger charge is -2.17. The molecule has 0 amide bonds. The Labute approximate surface area is 168 Å². The average molecular weight is 427 g/mol. The van der Waals surface area contributed by atoms with Crippen LogP contribution in [0.1, 0.15) is 31.0 Å². The summed E-state index contributed by atoms with van der Waals surface area (Å²) in [6.45, 7) is 2.62. The van der Waals surface area contributed by atoms with Crippen molar-refractivity contribution in [2.24, 2.45) is 11.1 Å². The summed E-state index contributed by atoms with van der Waals surface area (Å²) in [5.74, 6) is -1.45. The zero-order chi connectivity index (χ0) is 21.8. The van der Waals surface area contributed by atoms with Crippen LogP contribution >= 0.6 is 11.6 Å². The van der Waals surface area contributed by atoms with Gasteiger partial charge in [-0.1, -0.05) is 16.8 Å². The van der Waals surface area contributed by atoms with Crippen molar-refractivity contribution in [2.45, 2.75) is 26.1 Å². The predicted molar refractivity (Wildman–Crippen MR) is 97.6 cm³/mol. The fourth-order valence-corrected chi connectivity index (χ4v) is 2.66. The van der Waals surface area contributed by atoms with Crippen molar-refractivity contribution in [1.82, 2.24) is 0 Å². The van der Waals surface area contributed by atoms with Crippen LogP contribution in [-0.4, -0.2) is 5.97 Å². The van der Waals surface area contributed by atoms with E-state index in [1.165, 1.54) is 25.1 Å². The number of carbonyl (C=O) groups excluding carboxylic acids is 1. The van der Waals surface area contributed by atoms with Gasteiger partial charge in [0.25, 0.3) is 0 Å². The van der Waals surface area contributed by atoms with Crippen LogP contribution in [0.2, 0.25) is 5.02 Å². The van der Waals surface area contributed by atoms with Gasteiger partial charge in [0, 0.05) is 12.5 Å². The molecule has 0 aromatic heterocycles. The van der Waals surface area contributed by atoms with Crippen LogP contribution in [-0.2, 0) is 11.0 Å². The monoisotopic (exact) mass is 426 g/mol. The van der Waals surface area contributed by atoms with E-state index in [4.69, 9.17) is 26.3 Å². The summed E-state index contributed by atoms with van der Waals surface area (Å²) in [7, 11) is 0. The number of nitrogens with zero attached hydrogens (tertiary/aromatic N) is 2. The smallest absolute Gasteiger partial charge is 0.416 e. The Balaban J connectivity index is 2.44. The normalized spacial score (nSPS) is 13.1. The number of carbonyl (C=O) groups is 1. The Morgan fingerprint density at radius 3 is 2.38 bits per heavy atom. The van der Waals surface area contributed by atoms with Crippen molar-refractivity contribution in [3.8, 4) is 23.3 Å². The van der Waals surface area contributed by atoms with Crippen LogP contribution in [0.25, 0.3) is 0 Å². The number of hydrogen-bond acceptors (Lipinski definition) is 6. The minimum atomic E-state index is -4.56. The molecule has 10 heteroatoms. The summed E-state index contributed by atoms with van der Waals surface area (Å²) >= 11 is 5.88. The molecule has 2 atom stereocenters. The van der Waals surface area contributed by atoms with E-state index in [2.05, 4.69) is 5.18 Å². The molecule has 6 nitrogen and oxygen atoms in total. The molecule has 0 aliphatic heterocycles. The molecule has 29 heavy (non-hydrogen) atoms. The molecule has 0 N–H and O–H groups in total. The average Bonchev–Trinajstić information content (AvgIpc) is 2.64. The van der Waals surface area contributed by atoms with E-state index in [0.29, 0.717) is 0 Å². The number of halogens is 4. The molecule has 0 saturated heterocycles. The van der Waals surface area contributed by atoms with Gasteiger partial charge in [0.15, 0.2) is 0 Å². The van der Waals surface area contributed by atoms with E-state index in [1.54, 1.807) is 0 Å². The standard InChI is InChI=1S/C19H14ClF3N2O4/c1-10(9-24)18(25-27)14-8-13(4-6-16(14)28-11(2)26)29-17-5-3-12(7-15(17)20)19(21,22)23/h3-8,10,18H,1-2H3. The SMILES string of the molecule is CC(=O)Oc1ccc(Oc2ccc(C(F)(F)F)cc2Cl)cc1C(N=O)C(C)C#N. The van der Waals surface area contributed by atoms with Crippen LogP contribution in [0.5, 0.6) is 17.2 Å². The maximum absolute atomic E-state index is 12.8. The topological polar surface area (TPSA) is 88.8 Å². The molecule has 152 valence electrons. The third-order valence-corrected chi connectivity index (χ3v) is 4.13. The molecule has 0 fully saturated rings. The Kier molecular flexibility index (Phi) is 6.82. The first-order valence-corrected chi connectivity index (χ1v) is 8.53. The first-order valence-electron chi connectivity index (χ1n) is 8.16. The minimum Gasteiger partial charge on any atom is -0.456 e. The Morgan fingerprint density at radius 2 is 1.86 bits per heavy atom. The van der Waals surface area contributed by atoms with Crippen molar-refractivity contribution < 1.29 is 27.4 Å². The summed E-state index contributed by atoms with van der Waals surface area (Å²) in [5, 5.41) is 11.8. The number of nitriles is 1. The van der Waals surface area contributed by atoms with Crippen molar-refractivity contribution in [1.29, 1.82) is 5.26 Å². The molecule has 2 aromatic rings. The van der Waals surface area contributed by atoms with Gasteiger partial charge in [0.05, 0.1) is 22.6 Å². The third kappa shape index (κ3) is 5.45. The lowest BCUT2D eigenvalue weighted by molar-refractivity contribution is -0.137. The Bertz CT molecular complexity index is 973. The highest BCUT2D eigenvalue weighted by Gasteiger charge is 2.31. The highest BCUT2D eigenvalue weighted by Crippen LogP contribution is 2.39. The third-order valence-electron chi connectivity index (χ3n) is 3.83. The molecule has 2 rings (SSSR count). The second-order valence-electron chi connectivity index (χ2n) is 6.01. The van der Waals surface area contributed by atoms with Gasteiger partial charge in [-0.2, -0.15) is 23.3 Å². The molecular weight excluding hydrogens is 413 g/mol. The van der Waals surface area contributed by atoms with Crippen LogP contribution < -0.4 is 9.47 Å². The van der Waals surface area contributed by atoms with E-state index in [0.717, 1.165) is 25.1 Å². The zero-order valence-electron chi connectivity index (χ0n) is 15.2. The summed E-state index contributed by atoms with van der Waals surface area (Å²) in [6.07, 6.45) is -4.56. The molecule has 0 bridgehead atoms. The fraction of sp³-hybridized carbons (Fsp3) is 0.263. The minimum absolute atomic E-state index is 0.00932. The van der Waals surface area contributed by atoms with E-state index in [-0.39, 0.29) is 27.8 Å². The highest BCUT2D eigenvalue weighted by molar-refractivity contribution is 6.32. The summed E-state index contributed by atoms with van der Waals surface area (Å²) in [5.41, 5.74) is -0.821. The van der Waals surface area contributed by atoms with Gasteiger partial charge >= 0.3 is 12.1 Å². The fourth-order valence-electron chi connectivity index (χ4n) is 2.44. The first kappa shape index (κ1) is 22.2. The first-order chi connectivity index (χ1) is 13.6. The van der Waals surface area contributed by atoms with Gasteiger partial charge in [0.1, 0.15) is 23.3 Å². The molecular formula is C19H14ClF3N2O4. The molecule has 0 aliphatic rings. The number of alkyl halides is 3. The van der Waals surface area contributed by atoms with Crippen LogP contribution in [0, 0.1) is 22.2 Å². The number of rotatable bonds is 6. The van der Waals surface area contributed by atoms with Gasteiger partial charge in [-0.15, -0.1) is 0 Å². The van der Waals surface area contributed by atoms with Crippen LogP contribution in [0.3, 0.4) is 0 Å². The Hall–Kier alpha value is -3.12. The van der Waals surface area contributed by atoms with Gasteiger partial charge in [-0.05, 0) is 43.3 Å². The number of benzene rings is 2. The second-order valence-corrected chi connectivity index (χ2v) is 6.41. The van der Waals surface area contributed by atoms with Crippen molar-refractivity contribution >= 4 is 17.6 Å². The summed E-state index contributed by atoms with van der Waals surface area (Å²) in [4.78, 5) is 22.6. The number of esters is 1. The molecule has 0 heterocycles. The van der Waals surface area contributed by atoms with E-state index in [1.807, 2.05) is 6.07 Å². The van der Waals surface area contributed by atoms with Crippen molar-refractivity contribution in [2.75, 3.05) is 0 Å². The van der Waals surface area contributed by atoms with Crippen molar-refractivity contribution in [3.63, 3.8) is 0 Å². The molecule has 0 spiro atoms. The summed E-state index contributed by atoms with van der Waals surface area (Å²) in [6, 6.07) is 7.32. The molecule has 0 aliphatic carbocycles. The maximum atomic E-state index is 12.8. The van der Waals surface area contributed by atoms with Gasteiger partial charge < -0.3 is 9.47 Å².